The number of hydrogen-bond acceptors (Lipinski definition) is 4. The highest BCUT2D eigenvalue weighted by molar-refractivity contribution is 7.11. The molecule has 1 heterocycles. The normalized spacial score (nSPS) is 13.4. The molecule has 4 nitrogen and oxygen atoms in total. The van der Waals surface area contributed by atoms with Crippen molar-refractivity contribution in [1.29, 1.82) is 0 Å². The average molecular weight is 269 g/mol. The Hall–Kier alpha value is -0.940. The van der Waals surface area contributed by atoms with Crippen LogP contribution in [0.1, 0.15) is 36.3 Å². The van der Waals surface area contributed by atoms with Crippen LogP contribution < -0.4 is 11.1 Å². The van der Waals surface area contributed by atoms with E-state index in [1.165, 1.54) is 4.88 Å². The summed E-state index contributed by atoms with van der Waals surface area (Å²) in [4.78, 5) is 17.5. The molecule has 1 atom stereocenters. The fourth-order valence-corrected chi connectivity index (χ4v) is 2.38. The van der Waals surface area contributed by atoms with E-state index in [1.54, 1.807) is 11.3 Å². The first kappa shape index (κ1) is 15.1. The molecule has 18 heavy (non-hydrogen) atoms. The van der Waals surface area contributed by atoms with Crippen LogP contribution in [0.4, 0.5) is 0 Å². The van der Waals surface area contributed by atoms with Gasteiger partial charge in [0, 0.05) is 17.8 Å². The molecule has 0 bridgehead atoms. The monoisotopic (exact) mass is 269 g/mol. The van der Waals surface area contributed by atoms with Gasteiger partial charge in [0.25, 0.3) is 0 Å². The molecule has 0 fully saturated rings. The zero-order valence-electron chi connectivity index (χ0n) is 11.8. The molecule has 0 saturated heterocycles. The van der Waals surface area contributed by atoms with E-state index in [0.717, 1.165) is 17.1 Å². The summed E-state index contributed by atoms with van der Waals surface area (Å²) in [5, 5.41) is 3.93. The van der Waals surface area contributed by atoms with E-state index in [-0.39, 0.29) is 11.3 Å². The maximum absolute atomic E-state index is 11.8. The van der Waals surface area contributed by atoms with Crippen molar-refractivity contribution in [3.8, 4) is 0 Å². The van der Waals surface area contributed by atoms with Gasteiger partial charge in [-0.15, -0.1) is 11.3 Å². The molecular weight excluding hydrogens is 246 g/mol. The molecule has 0 aliphatic heterocycles. The molecule has 0 aromatic carbocycles. The Balaban J connectivity index is 2.40. The molecule has 0 aliphatic carbocycles. The first-order valence-corrected chi connectivity index (χ1v) is 6.99. The molecule has 3 N–H and O–H groups in total. The Morgan fingerprint density at radius 1 is 1.44 bits per heavy atom. The minimum absolute atomic E-state index is 0.0903. The van der Waals surface area contributed by atoms with E-state index < -0.39 is 6.04 Å². The molecule has 5 heteroatoms. The van der Waals surface area contributed by atoms with Crippen molar-refractivity contribution < 1.29 is 4.79 Å². The highest BCUT2D eigenvalue weighted by Crippen LogP contribution is 2.18. The number of hydrogen-bond donors (Lipinski definition) is 2. The minimum atomic E-state index is -0.475. The summed E-state index contributed by atoms with van der Waals surface area (Å²) >= 11 is 1.69. The van der Waals surface area contributed by atoms with Gasteiger partial charge >= 0.3 is 0 Å². The smallest absolute Gasteiger partial charge is 0.237 e. The predicted octanol–water partition coefficient (Wildman–Crippen LogP) is 1.79. The third-order valence-electron chi connectivity index (χ3n) is 2.93. The zero-order chi connectivity index (χ0) is 13.9. The maximum Gasteiger partial charge on any atom is 0.237 e. The van der Waals surface area contributed by atoms with Gasteiger partial charge in [0.1, 0.15) is 0 Å². The van der Waals surface area contributed by atoms with Crippen LogP contribution in [0.3, 0.4) is 0 Å². The second-order valence-corrected chi connectivity index (χ2v) is 6.92. The number of rotatable bonds is 4. The Kier molecular flexibility index (Phi) is 4.87. The van der Waals surface area contributed by atoms with E-state index in [9.17, 15) is 4.79 Å². The Labute approximate surface area is 113 Å². The standard InChI is InChI=1S/C13H23N3OS/c1-8-9(2)18-10(16-8)6-7-15-12(17)11(14)13(3,4)5/h11H,6-7,14H2,1-5H3,(H,15,17)/t11-/m1/s1. The summed E-state index contributed by atoms with van der Waals surface area (Å²) < 4.78 is 0. The van der Waals surface area contributed by atoms with Crippen LogP contribution in [0.25, 0.3) is 0 Å². The lowest BCUT2D eigenvalue weighted by Crippen LogP contribution is -2.48. The SMILES string of the molecule is Cc1nc(CCNC(=O)[C@@H](N)C(C)(C)C)sc1C. The van der Waals surface area contributed by atoms with Crippen molar-refractivity contribution in [2.24, 2.45) is 11.1 Å². The Bertz CT molecular complexity index is 401. The molecule has 1 aromatic rings. The van der Waals surface area contributed by atoms with Crippen molar-refractivity contribution in [3.63, 3.8) is 0 Å². The van der Waals surface area contributed by atoms with Gasteiger partial charge in [0.05, 0.1) is 16.7 Å². The fourth-order valence-electron chi connectivity index (χ4n) is 1.44. The van der Waals surface area contributed by atoms with Crippen LogP contribution in [0, 0.1) is 19.3 Å². The van der Waals surface area contributed by atoms with Crippen LogP contribution in [-0.2, 0) is 11.2 Å². The van der Waals surface area contributed by atoms with Crippen molar-refractivity contribution >= 4 is 17.2 Å². The average Bonchev–Trinajstić information content (AvgIpc) is 2.55. The van der Waals surface area contributed by atoms with E-state index in [2.05, 4.69) is 17.2 Å². The Morgan fingerprint density at radius 2 is 2.06 bits per heavy atom. The molecule has 0 spiro atoms. The first-order chi connectivity index (χ1) is 8.21. The molecule has 0 aliphatic rings. The number of nitrogens with zero attached hydrogens (tertiary/aromatic N) is 1. The molecule has 0 unspecified atom stereocenters. The van der Waals surface area contributed by atoms with E-state index in [0.29, 0.717) is 6.54 Å². The van der Waals surface area contributed by atoms with Gasteiger partial charge in [0.15, 0.2) is 0 Å². The summed E-state index contributed by atoms with van der Waals surface area (Å²) in [6, 6.07) is -0.475. The maximum atomic E-state index is 11.8. The van der Waals surface area contributed by atoms with Crippen molar-refractivity contribution in [1.82, 2.24) is 10.3 Å². The van der Waals surface area contributed by atoms with Gasteiger partial charge in [-0.05, 0) is 19.3 Å². The summed E-state index contributed by atoms with van der Waals surface area (Å²) in [6.45, 7) is 10.5. The molecule has 1 aromatic heterocycles. The van der Waals surface area contributed by atoms with Crippen LogP contribution >= 0.6 is 11.3 Å². The number of carbonyl (C=O) groups is 1. The third-order valence-corrected chi connectivity index (χ3v) is 4.06. The molecule has 0 radical (unpaired) electrons. The van der Waals surface area contributed by atoms with Crippen LogP contribution in [0.2, 0.25) is 0 Å². The number of carbonyl (C=O) groups excluding carboxylic acids is 1. The summed E-state index contributed by atoms with van der Waals surface area (Å²) in [5.41, 5.74) is 6.74. The quantitative estimate of drug-likeness (QED) is 0.875. The van der Waals surface area contributed by atoms with E-state index in [1.807, 2.05) is 27.7 Å². The van der Waals surface area contributed by atoms with E-state index >= 15 is 0 Å². The lowest BCUT2D eigenvalue weighted by molar-refractivity contribution is -0.124. The van der Waals surface area contributed by atoms with Crippen molar-refractivity contribution in [2.75, 3.05) is 6.54 Å². The van der Waals surface area contributed by atoms with Gasteiger partial charge < -0.3 is 11.1 Å². The number of nitrogens with two attached hydrogens (primary N) is 1. The molecule has 1 amide bonds. The van der Waals surface area contributed by atoms with Crippen molar-refractivity contribution in [3.05, 3.63) is 15.6 Å². The first-order valence-electron chi connectivity index (χ1n) is 6.18. The van der Waals surface area contributed by atoms with Crippen molar-refractivity contribution in [2.45, 2.75) is 47.1 Å². The number of aryl methyl sites for hydroxylation is 2. The number of nitrogens with one attached hydrogen (secondary N) is 1. The number of aromatic nitrogens is 1. The lowest BCUT2D eigenvalue weighted by atomic mass is 9.87. The zero-order valence-corrected chi connectivity index (χ0v) is 12.6. The second kappa shape index (κ2) is 5.80. The highest BCUT2D eigenvalue weighted by atomic mass is 32.1. The third kappa shape index (κ3) is 4.07. The topological polar surface area (TPSA) is 68.0 Å². The molecule has 1 rings (SSSR count). The summed E-state index contributed by atoms with van der Waals surface area (Å²) in [7, 11) is 0. The number of thiazole rings is 1. The summed E-state index contributed by atoms with van der Waals surface area (Å²) in [5.74, 6) is -0.0903. The van der Waals surface area contributed by atoms with Crippen LogP contribution in [0.5, 0.6) is 0 Å². The highest BCUT2D eigenvalue weighted by Gasteiger charge is 2.26. The van der Waals surface area contributed by atoms with Gasteiger partial charge in [-0.1, -0.05) is 20.8 Å². The molecule has 0 saturated carbocycles. The summed E-state index contributed by atoms with van der Waals surface area (Å²) in [6.07, 6.45) is 0.766. The largest absolute Gasteiger partial charge is 0.354 e. The Morgan fingerprint density at radius 3 is 2.50 bits per heavy atom. The van der Waals surface area contributed by atoms with Gasteiger partial charge in [-0.25, -0.2) is 4.98 Å². The molecular formula is C13H23N3OS. The molecule has 102 valence electrons. The lowest BCUT2D eigenvalue weighted by Gasteiger charge is -2.25. The van der Waals surface area contributed by atoms with Gasteiger partial charge in [-0.2, -0.15) is 0 Å². The van der Waals surface area contributed by atoms with Crippen LogP contribution in [0.15, 0.2) is 0 Å². The van der Waals surface area contributed by atoms with E-state index in [4.69, 9.17) is 5.73 Å². The second-order valence-electron chi connectivity index (χ2n) is 5.63. The number of amides is 1. The minimum Gasteiger partial charge on any atom is -0.354 e. The predicted molar refractivity (Wildman–Crippen MR) is 75.7 cm³/mol. The van der Waals surface area contributed by atoms with Gasteiger partial charge in [-0.3, -0.25) is 4.79 Å². The van der Waals surface area contributed by atoms with Gasteiger partial charge in [0.2, 0.25) is 5.91 Å². The fraction of sp³-hybridized carbons (Fsp3) is 0.692. The van der Waals surface area contributed by atoms with Crippen LogP contribution in [-0.4, -0.2) is 23.5 Å².